The second-order valence-electron chi connectivity index (χ2n) is 3.93. The van der Waals surface area contributed by atoms with E-state index in [2.05, 4.69) is 4.72 Å². The molecule has 2 aromatic rings. The number of ether oxygens (including phenoxy) is 1. The fraction of sp³-hybridized carbons (Fsp3) is 0.231. The van der Waals surface area contributed by atoms with Crippen LogP contribution in [0.4, 0.5) is 0 Å². The van der Waals surface area contributed by atoms with Crippen LogP contribution in [0.15, 0.2) is 46.7 Å². The molecule has 20 heavy (non-hydrogen) atoms. The van der Waals surface area contributed by atoms with Gasteiger partial charge in [0.15, 0.2) is 0 Å². The third-order valence-corrected chi connectivity index (χ3v) is 5.12. The summed E-state index contributed by atoms with van der Waals surface area (Å²) in [6.07, 6.45) is 0. The van der Waals surface area contributed by atoms with E-state index in [-0.39, 0.29) is 24.7 Å². The van der Waals surface area contributed by atoms with E-state index in [9.17, 15) is 8.42 Å². The lowest BCUT2D eigenvalue weighted by molar-refractivity contribution is 0.282. The summed E-state index contributed by atoms with van der Waals surface area (Å²) in [7, 11) is -3.59. The maximum absolute atomic E-state index is 12.0. The van der Waals surface area contributed by atoms with Gasteiger partial charge in [-0.05, 0) is 23.6 Å². The van der Waals surface area contributed by atoms with Crippen molar-refractivity contribution in [2.24, 2.45) is 0 Å². The average Bonchev–Trinajstić information content (AvgIpc) is 2.94. The van der Waals surface area contributed by atoms with Gasteiger partial charge in [-0.3, -0.25) is 0 Å². The number of hydrogen-bond acceptors (Lipinski definition) is 5. The second kappa shape index (κ2) is 6.85. The first-order valence-corrected chi connectivity index (χ1v) is 8.34. The van der Waals surface area contributed by atoms with E-state index in [4.69, 9.17) is 9.84 Å². The summed E-state index contributed by atoms with van der Waals surface area (Å²) < 4.78 is 31.9. The van der Waals surface area contributed by atoms with Crippen molar-refractivity contribution in [2.45, 2.75) is 11.5 Å². The van der Waals surface area contributed by atoms with Crippen molar-refractivity contribution >= 4 is 21.4 Å². The highest BCUT2D eigenvalue weighted by Gasteiger charge is 2.18. The van der Waals surface area contributed by atoms with Gasteiger partial charge in [0.25, 0.3) is 0 Å². The minimum Gasteiger partial charge on any atom is -0.492 e. The van der Waals surface area contributed by atoms with Crippen molar-refractivity contribution in [1.29, 1.82) is 0 Å². The zero-order valence-electron chi connectivity index (χ0n) is 10.7. The van der Waals surface area contributed by atoms with Crippen LogP contribution in [0.5, 0.6) is 5.75 Å². The molecule has 1 aromatic carbocycles. The quantitative estimate of drug-likeness (QED) is 0.761. The van der Waals surface area contributed by atoms with E-state index in [1.165, 1.54) is 17.4 Å². The Hall–Kier alpha value is -1.41. The molecule has 0 bridgehead atoms. The SMILES string of the molecule is O=S(=O)(NCCOc1ccccc1)c1ccsc1CO. The van der Waals surface area contributed by atoms with E-state index >= 15 is 0 Å². The first-order valence-electron chi connectivity index (χ1n) is 5.98. The Morgan fingerprint density at radius 2 is 1.95 bits per heavy atom. The maximum Gasteiger partial charge on any atom is 0.241 e. The Morgan fingerprint density at radius 1 is 1.20 bits per heavy atom. The van der Waals surface area contributed by atoms with Crippen molar-refractivity contribution in [2.75, 3.05) is 13.2 Å². The van der Waals surface area contributed by atoms with Crippen molar-refractivity contribution in [1.82, 2.24) is 4.72 Å². The largest absolute Gasteiger partial charge is 0.492 e. The highest BCUT2D eigenvalue weighted by Crippen LogP contribution is 2.21. The predicted molar refractivity (Wildman–Crippen MR) is 77.4 cm³/mol. The van der Waals surface area contributed by atoms with Gasteiger partial charge in [-0.25, -0.2) is 13.1 Å². The number of rotatable bonds is 7. The van der Waals surface area contributed by atoms with Gasteiger partial charge in [-0.1, -0.05) is 18.2 Å². The van der Waals surface area contributed by atoms with Crippen LogP contribution in [0.1, 0.15) is 4.88 Å². The summed E-state index contributed by atoms with van der Waals surface area (Å²) in [6.45, 7) is 0.119. The molecule has 0 amide bonds. The zero-order valence-corrected chi connectivity index (χ0v) is 12.3. The molecule has 0 unspecified atom stereocenters. The van der Waals surface area contributed by atoms with Crippen LogP contribution in [0.25, 0.3) is 0 Å². The molecule has 0 saturated heterocycles. The number of sulfonamides is 1. The van der Waals surface area contributed by atoms with Gasteiger partial charge in [0.05, 0.1) is 11.5 Å². The highest BCUT2D eigenvalue weighted by molar-refractivity contribution is 7.89. The first kappa shape index (κ1) is 15.0. The van der Waals surface area contributed by atoms with Gasteiger partial charge in [0.1, 0.15) is 12.4 Å². The molecule has 0 radical (unpaired) electrons. The van der Waals surface area contributed by atoms with Crippen LogP contribution >= 0.6 is 11.3 Å². The van der Waals surface area contributed by atoms with Crippen LogP contribution < -0.4 is 9.46 Å². The van der Waals surface area contributed by atoms with E-state index in [1.807, 2.05) is 18.2 Å². The summed E-state index contributed by atoms with van der Waals surface area (Å²) >= 11 is 1.21. The smallest absolute Gasteiger partial charge is 0.241 e. The number of benzene rings is 1. The number of thiophene rings is 1. The molecule has 7 heteroatoms. The molecule has 1 heterocycles. The molecule has 5 nitrogen and oxygen atoms in total. The number of hydrogen-bond donors (Lipinski definition) is 2. The van der Waals surface area contributed by atoms with Gasteiger partial charge < -0.3 is 9.84 Å². The van der Waals surface area contributed by atoms with Crippen LogP contribution in [0.3, 0.4) is 0 Å². The number of nitrogens with one attached hydrogen (secondary N) is 1. The molecule has 0 aliphatic rings. The summed E-state index contributed by atoms with van der Waals surface area (Å²) in [6, 6.07) is 10.7. The Labute approximate surface area is 121 Å². The van der Waals surface area contributed by atoms with Crippen molar-refractivity contribution < 1.29 is 18.3 Å². The predicted octanol–water partition coefficient (Wildman–Crippen LogP) is 1.60. The molecule has 0 fully saturated rings. The molecular formula is C13H15NO4S2. The Kier molecular flexibility index (Phi) is 5.13. The van der Waals surface area contributed by atoms with Gasteiger partial charge >= 0.3 is 0 Å². The molecule has 1 aromatic heterocycles. The Bertz CT molecular complexity index is 637. The summed E-state index contributed by atoms with van der Waals surface area (Å²) in [5, 5.41) is 10.7. The van der Waals surface area contributed by atoms with Crippen LogP contribution in [0, 0.1) is 0 Å². The Balaban J connectivity index is 1.87. The average molecular weight is 313 g/mol. The number of para-hydroxylation sites is 1. The van der Waals surface area contributed by atoms with Gasteiger partial charge in [-0.2, -0.15) is 0 Å². The maximum atomic E-state index is 12.0. The fourth-order valence-electron chi connectivity index (χ4n) is 1.62. The standard InChI is InChI=1S/C13H15NO4S2/c15-10-12-13(6-9-19-12)20(16,17)14-7-8-18-11-4-2-1-3-5-11/h1-6,9,14-15H,7-8,10H2. The van der Waals surface area contributed by atoms with E-state index in [0.29, 0.717) is 10.6 Å². The van der Waals surface area contributed by atoms with E-state index in [0.717, 1.165) is 0 Å². The first-order chi connectivity index (χ1) is 9.63. The van der Waals surface area contributed by atoms with Crippen molar-refractivity contribution in [3.8, 4) is 5.75 Å². The molecule has 2 N–H and O–H groups in total. The third kappa shape index (κ3) is 3.80. The topological polar surface area (TPSA) is 75.6 Å². The molecule has 0 spiro atoms. The summed E-state index contributed by atoms with van der Waals surface area (Å²) in [5.41, 5.74) is 0. The normalized spacial score (nSPS) is 11.4. The third-order valence-electron chi connectivity index (χ3n) is 2.54. The second-order valence-corrected chi connectivity index (χ2v) is 6.66. The molecular weight excluding hydrogens is 298 g/mol. The van der Waals surface area contributed by atoms with Crippen LogP contribution in [-0.4, -0.2) is 26.7 Å². The molecule has 0 atom stereocenters. The summed E-state index contributed by atoms with van der Waals surface area (Å²) in [5.74, 6) is 0.693. The fourth-order valence-corrected chi connectivity index (χ4v) is 3.93. The Morgan fingerprint density at radius 3 is 2.65 bits per heavy atom. The van der Waals surface area contributed by atoms with Crippen LogP contribution in [0.2, 0.25) is 0 Å². The number of aliphatic hydroxyl groups excluding tert-OH is 1. The molecule has 0 aliphatic carbocycles. The van der Waals surface area contributed by atoms with E-state index in [1.54, 1.807) is 17.5 Å². The van der Waals surface area contributed by atoms with Gasteiger partial charge in [0, 0.05) is 11.4 Å². The lowest BCUT2D eigenvalue weighted by Gasteiger charge is -2.08. The molecule has 108 valence electrons. The highest BCUT2D eigenvalue weighted by atomic mass is 32.2. The monoisotopic (exact) mass is 313 g/mol. The molecule has 0 saturated carbocycles. The lowest BCUT2D eigenvalue weighted by Crippen LogP contribution is -2.28. The zero-order chi connectivity index (χ0) is 14.4. The van der Waals surface area contributed by atoms with Crippen LogP contribution in [-0.2, 0) is 16.6 Å². The minimum absolute atomic E-state index is 0.129. The van der Waals surface area contributed by atoms with Crippen molar-refractivity contribution in [3.05, 3.63) is 46.7 Å². The minimum atomic E-state index is -3.59. The van der Waals surface area contributed by atoms with Gasteiger partial charge in [-0.15, -0.1) is 11.3 Å². The molecule has 0 aliphatic heterocycles. The van der Waals surface area contributed by atoms with Gasteiger partial charge in [0.2, 0.25) is 10.0 Å². The number of aliphatic hydroxyl groups is 1. The summed E-state index contributed by atoms with van der Waals surface area (Å²) in [4.78, 5) is 0.561. The molecule has 2 rings (SSSR count). The van der Waals surface area contributed by atoms with Crippen molar-refractivity contribution in [3.63, 3.8) is 0 Å². The lowest BCUT2D eigenvalue weighted by atomic mass is 10.3. The van der Waals surface area contributed by atoms with E-state index < -0.39 is 10.0 Å².